The molecule has 11 heteroatoms. The van der Waals surface area contributed by atoms with Gasteiger partial charge in [-0.15, -0.1) is 0 Å². The predicted octanol–water partition coefficient (Wildman–Crippen LogP) is 6.54. The standard InChI is InChI=1S/C28H34ClF3N2O5/c1-15(2)39-26(37)34-23(16-8-7-9-19(29)13-16)22(21(27(3,4)5)24(34)25(35)36)33-14-17-12-18(28(30,31)32)10-11-20(17)38-6/h7-13,15,21-24,33H,14H2,1-6H3,(H,35,36)/t21-,22-,23-,24-/m0/s1. The number of alkyl halides is 3. The number of carbonyl (C=O) groups is 2. The maximum atomic E-state index is 13.5. The first-order chi connectivity index (χ1) is 18.1. The van der Waals surface area contributed by atoms with Crippen LogP contribution in [0.25, 0.3) is 0 Å². The minimum Gasteiger partial charge on any atom is -0.496 e. The number of hydrogen-bond donors (Lipinski definition) is 2. The van der Waals surface area contributed by atoms with Crippen molar-refractivity contribution in [3.05, 3.63) is 64.2 Å². The van der Waals surface area contributed by atoms with Crippen molar-refractivity contribution in [2.24, 2.45) is 11.3 Å². The maximum absolute atomic E-state index is 13.5. The zero-order chi connectivity index (χ0) is 29.3. The molecule has 0 bridgehead atoms. The summed E-state index contributed by atoms with van der Waals surface area (Å²) in [5.74, 6) is -1.65. The van der Waals surface area contributed by atoms with Gasteiger partial charge in [0, 0.05) is 29.1 Å². The van der Waals surface area contributed by atoms with E-state index in [1.807, 2.05) is 20.8 Å². The van der Waals surface area contributed by atoms with E-state index in [0.717, 1.165) is 12.1 Å². The summed E-state index contributed by atoms with van der Waals surface area (Å²) in [5, 5.41) is 14.1. The number of rotatable bonds is 7. The third kappa shape index (κ3) is 6.78. The van der Waals surface area contributed by atoms with Crippen LogP contribution >= 0.6 is 11.6 Å². The lowest BCUT2D eigenvalue weighted by atomic mass is 9.72. The fourth-order valence-electron chi connectivity index (χ4n) is 5.30. The zero-order valence-electron chi connectivity index (χ0n) is 22.7. The topological polar surface area (TPSA) is 88.1 Å². The highest BCUT2D eigenvalue weighted by molar-refractivity contribution is 6.30. The average Bonchev–Trinajstić information content (AvgIpc) is 3.17. The number of nitrogens with one attached hydrogen (secondary N) is 1. The average molecular weight is 571 g/mol. The van der Waals surface area contributed by atoms with E-state index in [-0.39, 0.29) is 17.9 Å². The van der Waals surface area contributed by atoms with Crippen molar-refractivity contribution < 1.29 is 37.3 Å². The van der Waals surface area contributed by atoms with Gasteiger partial charge in [-0.2, -0.15) is 13.2 Å². The molecule has 1 saturated heterocycles. The van der Waals surface area contributed by atoms with Gasteiger partial charge in [-0.1, -0.05) is 44.5 Å². The number of likely N-dealkylation sites (tertiary alicyclic amines) is 1. The fraction of sp³-hybridized carbons (Fsp3) is 0.500. The van der Waals surface area contributed by atoms with E-state index in [1.54, 1.807) is 38.1 Å². The molecule has 0 saturated carbocycles. The van der Waals surface area contributed by atoms with Crippen molar-refractivity contribution in [2.45, 2.75) is 71.6 Å². The maximum Gasteiger partial charge on any atom is 0.416 e. The van der Waals surface area contributed by atoms with Crippen molar-refractivity contribution in [1.29, 1.82) is 0 Å². The molecule has 1 aliphatic rings. The molecule has 1 amide bonds. The van der Waals surface area contributed by atoms with Gasteiger partial charge in [0.1, 0.15) is 11.8 Å². The van der Waals surface area contributed by atoms with Crippen molar-refractivity contribution in [3.8, 4) is 5.75 Å². The van der Waals surface area contributed by atoms with Crippen molar-refractivity contribution in [1.82, 2.24) is 10.2 Å². The number of methoxy groups -OCH3 is 1. The first kappa shape index (κ1) is 30.6. The van der Waals surface area contributed by atoms with Crippen molar-refractivity contribution in [3.63, 3.8) is 0 Å². The van der Waals surface area contributed by atoms with Crippen LogP contribution in [0, 0.1) is 11.3 Å². The third-order valence-electron chi connectivity index (χ3n) is 6.79. The molecular weight excluding hydrogens is 537 g/mol. The number of carboxylic acid groups (broad SMARTS) is 1. The predicted molar refractivity (Wildman–Crippen MR) is 141 cm³/mol. The Labute approximate surface area is 231 Å². The first-order valence-electron chi connectivity index (χ1n) is 12.5. The molecule has 2 N–H and O–H groups in total. The van der Waals surface area contributed by atoms with E-state index in [0.29, 0.717) is 10.6 Å². The Balaban J connectivity index is 2.17. The number of halogens is 4. The Morgan fingerprint density at radius 3 is 2.31 bits per heavy atom. The third-order valence-corrected chi connectivity index (χ3v) is 7.03. The Kier molecular flexibility index (Phi) is 9.12. The van der Waals surface area contributed by atoms with Crippen LogP contribution in [0.1, 0.15) is 57.4 Å². The lowest BCUT2D eigenvalue weighted by Gasteiger charge is -2.35. The number of benzene rings is 2. The first-order valence-corrected chi connectivity index (χ1v) is 12.9. The summed E-state index contributed by atoms with van der Waals surface area (Å²) in [7, 11) is 1.36. The summed E-state index contributed by atoms with van der Waals surface area (Å²) in [5.41, 5.74) is -0.687. The number of hydrogen-bond acceptors (Lipinski definition) is 5. The highest BCUT2D eigenvalue weighted by Gasteiger charge is 2.58. The van der Waals surface area contributed by atoms with Gasteiger partial charge in [0.05, 0.1) is 24.8 Å². The Hall–Kier alpha value is -2.98. The summed E-state index contributed by atoms with van der Waals surface area (Å²) in [4.78, 5) is 27.4. The van der Waals surface area contributed by atoms with E-state index in [2.05, 4.69) is 5.32 Å². The van der Waals surface area contributed by atoms with Crippen LogP contribution in [0.4, 0.5) is 18.0 Å². The molecule has 39 heavy (non-hydrogen) atoms. The van der Waals surface area contributed by atoms with Crippen molar-refractivity contribution in [2.75, 3.05) is 7.11 Å². The molecule has 0 aromatic heterocycles. The van der Waals surface area contributed by atoms with Gasteiger partial charge < -0.3 is 19.9 Å². The molecule has 1 fully saturated rings. The van der Waals surface area contributed by atoms with E-state index in [9.17, 15) is 27.9 Å². The van der Waals surface area contributed by atoms with E-state index < -0.39 is 59.4 Å². The smallest absolute Gasteiger partial charge is 0.416 e. The number of ether oxygens (including phenoxy) is 2. The second-order valence-corrected chi connectivity index (χ2v) is 11.4. The molecule has 214 valence electrons. The normalized spacial score (nSPS) is 21.8. The van der Waals surface area contributed by atoms with E-state index in [1.165, 1.54) is 18.1 Å². The molecule has 3 rings (SSSR count). The molecular formula is C28H34ClF3N2O5. The number of nitrogens with zero attached hydrogens (tertiary/aromatic N) is 1. The van der Waals surface area contributed by atoms with Gasteiger partial charge in [0.2, 0.25) is 0 Å². The summed E-state index contributed by atoms with van der Waals surface area (Å²) in [6.07, 6.45) is -5.88. The Bertz CT molecular complexity index is 1200. The van der Waals surface area contributed by atoms with E-state index >= 15 is 0 Å². The Morgan fingerprint density at radius 2 is 1.79 bits per heavy atom. The second kappa shape index (κ2) is 11.6. The summed E-state index contributed by atoms with van der Waals surface area (Å²) >= 11 is 6.29. The quantitative estimate of drug-likeness (QED) is 0.393. The van der Waals surface area contributed by atoms with Crippen LogP contribution < -0.4 is 10.1 Å². The van der Waals surface area contributed by atoms with Crippen molar-refractivity contribution >= 4 is 23.7 Å². The summed E-state index contributed by atoms with van der Waals surface area (Å²) in [6.45, 7) is 8.82. The van der Waals surface area contributed by atoms with Gasteiger partial charge in [0.25, 0.3) is 0 Å². The molecule has 1 heterocycles. The van der Waals surface area contributed by atoms with E-state index in [4.69, 9.17) is 21.1 Å². The van der Waals surface area contributed by atoms with Gasteiger partial charge in [-0.25, -0.2) is 9.59 Å². The highest BCUT2D eigenvalue weighted by atomic mass is 35.5. The summed E-state index contributed by atoms with van der Waals surface area (Å²) < 4.78 is 51.2. The van der Waals surface area contributed by atoms with Gasteiger partial charge in [0.15, 0.2) is 0 Å². The van der Waals surface area contributed by atoms with Gasteiger partial charge >= 0.3 is 18.2 Å². The largest absolute Gasteiger partial charge is 0.496 e. The lowest BCUT2D eigenvalue weighted by molar-refractivity contribution is -0.145. The van der Waals surface area contributed by atoms with Crippen LogP contribution in [0.5, 0.6) is 5.75 Å². The highest BCUT2D eigenvalue weighted by Crippen LogP contribution is 2.49. The molecule has 7 nitrogen and oxygen atoms in total. The fourth-order valence-corrected chi connectivity index (χ4v) is 5.50. The van der Waals surface area contributed by atoms with Crippen LogP contribution in [0.2, 0.25) is 5.02 Å². The molecule has 0 aliphatic carbocycles. The number of aliphatic carboxylic acids is 1. The van der Waals surface area contributed by atoms with Crippen LogP contribution in [-0.2, 0) is 22.3 Å². The molecule has 1 aliphatic heterocycles. The van der Waals surface area contributed by atoms with Gasteiger partial charge in [-0.05, 0) is 55.2 Å². The molecule has 0 spiro atoms. The molecule has 2 aromatic rings. The lowest BCUT2D eigenvalue weighted by Crippen LogP contribution is -2.48. The number of carboxylic acids is 1. The molecule has 0 unspecified atom stereocenters. The number of amides is 1. The summed E-state index contributed by atoms with van der Waals surface area (Å²) in [6, 6.07) is 7.06. The van der Waals surface area contributed by atoms with Crippen LogP contribution in [-0.4, -0.2) is 47.4 Å². The van der Waals surface area contributed by atoms with Crippen LogP contribution in [0.3, 0.4) is 0 Å². The monoisotopic (exact) mass is 570 g/mol. The second-order valence-electron chi connectivity index (χ2n) is 10.9. The minimum absolute atomic E-state index is 0.0825. The molecule has 4 atom stereocenters. The minimum atomic E-state index is -4.56. The zero-order valence-corrected chi connectivity index (χ0v) is 23.4. The molecule has 0 radical (unpaired) electrons. The SMILES string of the molecule is COc1ccc(C(F)(F)F)cc1CN[C@H]1[C@H](C(C)(C)C)[C@@H](C(=O)O)N(C(=O)OC(C)C)[C@H]1c1cccc(Cl)c1. The van der Waals surface area contributed by atoms with Gasteiger partial charge in [-0.3, -0.25) is 4.90 Å². The Morgan fingerprint density at radius 1 is 1.13 bits per heavy atom. The molecule has 2 aromatic carbocycles. The number of carbonyl (C=O) groups excluding carboxylic acids is 1. The van der Waals surface area contributed by atoms with Crippen LogP contribution in [0.15, 0.2) is 42.5 Å².